The third kappa shape index (κ3) is 6.73. The summed E-state index contributed by atoms with van der Waals surface area (Å²) >= 11 is 0. The molecule has 3 heteroatoms. The van der Waals surface area contributed by atoms with Crippen LogP contribution in [0, 0.1) is 11.8 Å². The van der Waals surface area contributed by atoms with E-state index in [0.29, 0.717) is 19.8 Å². The molecule has 0 aliphatic heterocycles. The van der Waals surface area contributed by atoms with Crippen LogP contribution in [0.3, 0.4) is 0 Å². The van der Waals surface area contributed by atoms with Crippen molar-refractivity contribution in [2.75, 3.05) is 26.9 Å². The molecule has 23 heavy (non-hydrogen) atoms. The minimum atomic E-state index is 0.338. The van der Waals surface area contributed by atoms with Crippen molar-refractivity contribution < 1.29 is 14.2 Å². The zero-order valence-corrected chi connectivity index (χ0v) is 13.2. The summed E-state index contributed by atoms with van der Waals surface area (Å²) in [6, 6.07) is 19.3. The van der Waals surface area contributed by atoms with Gasteiger partial charge in [0, 0.05) is 12.7 Å². The summed E-state index contributed by atoms with van der Waals surface area (Å²) < 4.78 is 16.3. The van der Waals surface area contributed by atoms with Crippen molar-refractivity contribution in [3.8, 4) is 23.3 Å². The predicted octanol–water partition coefficient (Wildman–Crippen LogP) is 3.72. The van der Waals surface area contributed by atoms with E-state index in [-0.39, 0.29) is 0 Å². The molecule has 2 rings (SSSR count). The van der Waals surface area contributed by atoms with E-state index in [1.807, 2.05) is 66.7 Å². The van der Waals surface area contributed by atoms with Crippen LogP contribution in [0.4, 0.5) is 0 Å². The van der Waals surface area contributed by atoms with Crippen molar-refractivity contribution >= 4 is 0 Å². The van der Waals surface area contributed by atoms with Gasteiger partial charge >= 0.3 is 0 Å². The van der Waals surface area contributed by atoms with Gasteiger partial charge in [0.15, 0.2) is 0 Å². The fourth-order valence-corrected chi connectivity index (χ4v) is 1.84. The Hall–Kier alpha value is -2.70. The Morgan fingerprint density at radius 3 is 2.13 bits per heavy atom. The minimum absolute atomic E-state index is 0.338. The molecule has 2 aromatic rings. The second kappa shape index (κ2) is 10.1. The fourth-order valence-electron chi connectivity index (χ4n) is 1.84. The summed E-state index contributed by atoms with van der Waals surface area (Å²) in [6.45, 7) is 1.25. The maximum absolute atomic E-state index is 5.63. The highest BCUT2D eigenvalue weighted by molar-refractivity contribution is 5.30. The second-order valence-corrected chi connectivity index (χ2v) is 4.69. The summed E-state index contributed by atoms with van der Waals surface area (Å²) in [7, 11) is 1.65. The maximum Gasteiger partial charge on any atom is 0.149 e. The molecule has 3 nitrogen and oxygen atoms in total. The number of rotatable bonds is 7. The van der Waals surface area contributed by atoms with E-state index in [2.05, 4.69) is 11.8 Å². The van der Waals surface area contributed by atoms with Crippen LogP contribution < -0.4 is 9.47 Å². The molecule has 0 saturated carbocycles. The molecule has 0 radical (unpaired) electrons. The van der Waals surface area contributed by atoms with Crippen LogP contribution in [0.15, 0.2) is 72.3 Å². The summed E-state index contributed by atoms with van der Waals surface area (Å²) in [4.78, 5) is 0. The molecule has 0 atom stereocenters. The molecule has 0 fully saturated rings. The van der Waals surface area contributed by atoms with Gasteiger partial charge in [-0.15, -0.1) is 0 Å². The van der Waals surface area contributed by atoms with Crippen LogP contribution in [0.1, 0.15) is 0 Å². The zero-order chi connectivity index (χ0) is 16.2. The first-order chi connectivity index (χ1) is 11.4. The second-order valence-electron chi connectivity index (χ2n) is 4.69. The highest BCUT2D eigenvalue weighted by Gasteiger charge is 1.94. The molecule has 0 unspecified atom stereocenters. The Balaban J connectivity index is 1.83. The van der Waals surface area contributed by atoms with Gasteiger partial charge in [0.1, 0.15) is 24.7 Å². The van der Waals surface area contributed by atoms with E-state index < -0.39 is 0 Å². The van der Waals surface area contributed by atoms with E-state index in [1.165, 1.54) is 0 Å². The lowest BCUT2D eigenvalue weighted by Gasteiger charge is -2.03. The van der Waals surface area contributed by atoms with Crippen LogP contribution in [0.2, 0.25) is 0 Å². The van der Waals surface area contributed by atoms with Gasteiger partial charge in [-0.25, -0.2) is 0 Å². The van der Waals surface area contributed by atoms with Crippen molar-refractivity contribution in [1.29, 1.82) is 0 Å². The predicted molar refractivity (Wildman–Crippen MR) is 91.6 cm³/mol. The van der Waals surface area contributed by atoms with Crippen LogP contribution in [0.5, 0.6) is 11.5 Å². The number of para-hydroxylation sites is 2. The van der Waals surface area contributed by atoms with E-state index in [1.54, 1.807) is 7.11 Å². The Kier molecular flexibility index (Phi) is 7.32. The minimum Gasteiger partial charge on any atom is -0.489 e. The van der Waals surface area contributed by atoms with Gasteiger partial charge in [-0.1, -0.05) is 48.2 Å². The van der Waals surface area contributed by atoms with Gasteiger partial charge in [-0.3, -0.25) is 0 Å². The molecule has 0 saturated heterocycles. The third-order valence-corrected chi connectivity index (χ3v) is 2.93. The standard InChI is InChI=1S/C20H20O3/c1-21-17-18(14-16-23-20-12-6-3-7-13-20)9-8-15-22-19-10-4-2-5-11-19/h2-7,10-14H,15-17H2,1H3/b18-14-. The first-order valence-electron chi connectivity index (χ1n) is 7.41. The molecule has 2 aromatic carbocycles. The van der Waals surface area contributed by atoms with Gasteiger partial charge in [0.2, 0.25) is 0 Å². The molecule has 0 bridgehead atoms. The first-order valence-corrected chi connectivity index (χ1v) is 7.41. The Morgan fingerprint density at radius 2 is 1.52 bits per heavy atom. The summed E-state index contributed by atoms with van der Waals surface area (Å²) in [5, 5.41) is 0. The molecule has 0 heterocycles. The molecular formula is C20H20O3. The average molecular weight is 308 g/mol. The van der Waals surface area contributed by atoms with Crippen molar-refractivity contribution in [3.63, 3.8) is 0 Å². The van der Waals surface area contributed by atoms with Gasteiger partial charge in [0.25, 0.3) is 0 Å². The van der Waals surface area contributed by atoms with Crippen molar-refractivity contribution in [3.05, 3.63) is 72.3 Å². The monoisotopic (exact) mass is 308 g/mol. The lowest BCUT2D eigenvalue weighted by Crippen LogP contribution is -1.99. The van der Waals surface area contributed by atoms with Crippen LogP contribution in [-0.4, -0.2) is 26.9 Å². The number of hydrogen-bond donors (Lipinski definition) is 0. The smallest absolute Gasteiger partial charge is 0.149 e. The Bertz CT molecular complexity index is 652. The average Bonchev–Trinajstić information content (AvgIpc) is 2.60. The van der Waals surface area contributed by atoms with Crippen molar-refractivity contribution in [2.45, 2.75) is 0 Å². The number of hydrogen-bond acceptors (Lipinski definition) is 3. The van der Waals surface area contributed by atoms with Gasteiger partial charge in [-0.05, 0) is 30.3 Å². The van der Waals surface area contributed by atoms with Crippen molar-refractivity contribution in [2.24, 2.45) is 0 Å². The maximum atomic E-state index is 5.63. The SMILES string of the molecule is COC/C(C#CCOc1ccccc1)=C\COc1ccccc1. The highest BCUT2D eigenvalue weighted by Crippen LogP contribution is 2.09. The molecule has 118 valence electrons. The normalized spacial score (nSPS) is 10.6. The van der Waals surface area contributed by atoms with E-state index in [0.717, 1.165) is 17.1 Å². The van der Waals surface area contributed by atoms with Crippen LogP contribution in [0.25, 0.3) is 0 Å². The molecule has 0 spiro atoms. The Labute approximate surface area is 137 Å². The van der Waals surface area contributed by atoms with Crippen molar-refractivity contribution in [1.82, 2.24) is 0 Å². The number of methoxy groups -OCH3 is 1. The number of benzene rings is 2. The summed E-state index contributed by atoms with van der Waals surface area (Å²) in [6.07, 6.45) is 1.92. The zero-order valence-electron chi connectivity index (χ0n) is 13.2. The van der Waals surface area contributed by atoms with Crippen LogP contribution in [-0.2, 0) is 4.74 Å². The van der Waals surface area contributed by atoms with Gasteiger partial charge in [0.05, 0.1) is 6.61 Å². The fraction of sp³-hybridized carbons (Fsp3) is 0.200. The van der Waals surface area contributed by atoms with E-state index >= 15 is 0 Å². The summed E-state index contributed by atoms with van der Waals surface area (Å²) in [5.74, 6) is 7.70. The van der Waals surface area contributed by atoms with Gasteiger partial charge in [-0.2, -0.15) is 0 Å². The molecular weight excluding hydrogens is 288 g/mol. The third-order valence-electron chi connectivity index (χ3n) is 2.93. The quantitative estimate of drug-likeness (QED) is 0.730. The largest absolute Gasteiger partial charge is 0.489 e. The van der Waals surface area contributed by atoms with Crippen LogP contribution >= 0.6 is 0 Å². The summed E-state index contributed by atoms with van der Waals surface area (Å²) in [5.41, 5.74) is 0.875. The van der Waals surface area contributed by atoms with E-state index in [4.69, 9.17) is 14.2 Å². The topological polar surface area (TPSA) is 27.7 Å². The molecule has 0 N–H and O–H groups in total. The highest BCUT2D eigenvalue weighted by atomic mass is 16.5. The lowest BCUT2D eigenvalue weighted by molar-refractivity contribution is 0.228. The Morgan fingerprint density at radius 1 is 0.913 bits per heavy atom. The lowest BCUT2D eigenvalue weighted by atomic mass is 10.2. The molecule has 0 aliphatic rings. The number of ether oxygens (including phenoxy) is 3. The molecule has 0 aliphatic carbocycles. The van der Waals surface area contributed by atoms with Gasteiger partial charge < -0.3 is 14.2 Å². The first kappa shape index (κ1) is 16.7. The molecule has 0 aromatic heterocycles. The molecule has 0 amide bonds. The van der Waals surface area contributed by atoms with E-state index in [9.17, 15) is 0 Å².